The summed E-state index contributed by atoms with van der Waals surface area (Å²) in [6.07, 6.45) is 7.38. The van der Waals surface area contributed by atoms with Gasteiger partial charge in [-0.05, 0) is 110 Å². The molecule has 0 radical (unpaired) electrons. The Hall–Kier alpha value is -5.45. The summed E-state index contributed by atoms with van der Waals surface area (Å²) < 4.78 is 0. The number of aryl methyl sites for hydroxylation is 1. The number of likely N-dealkylation sites (N-methyl/N-ethyl adjacent to an activating group) is 2. The number of fused-ring (bicyclic) bond motifs is 3. The van der Waals surface area contributed by atoms with Crippen LogP contribution >= 0.6 is 23.4 Å². The van der Waals surface area contributed by atoms with Crippen LogP contribution in [-0.2, 0) is 33.9 Å². The van der Waals surface area contributed by atoms with Gasteiger partial charge in [0.1, 0.15) is 22.9 Å². The molecule has 3 atom stereocenters. The molecule has 7 rings (SSSR count). The Morgan fingerprint density at radius 2 is 1.72 bits per heavy atom. The summed E-state index contributed by atoms with van der Waals surface area (Å²) in [6, 6.07) is 16.9. The van der Waals surface area contributed by atoms with E-state index in [0.717, 1.165) is 81.3 Å². The molecule has 5 heterocycles. The zero-order valence-electron chi connectivity index (χ0n) is 34.8. The molecule has 61 heavy (non-hydrogen) atoms. The van der Waals surface area contributed by atoms with E-state index in [9.17, 15) is 14.4 Å². The molecule has 1 saturated heterocycles. The van der Waals surface area contributed by atoms with Gasteiger partial charge in [0, 0.05) is 86.6 Å². The first kappa shape index (κ1) is 43.6. The molecule has 320 valence electrons. The number of piperazine rings is 1. The Balaban J connectivity index is 1.32. The number of rotatable bonds is 8. The summed E-state index contributed by atoms with van der Waals surface area (Å²) in [4.78, 5) is 62.8. The fourth-order valence-electron chi connectivity index (χ4n) is 7.92. The van der Waals surface area contributed by atoms with Crippen molar-refractivity contribution in [2.75, 3.05) is 51.7 Å². The third-order valence-electron chi connectivity index (χ3n) is 11.5. The topological polar surface area (TPSA) is 191 Å². The number of carbonyl (C=O) groups excluding carboxylic acids is 3. The lowest BCUT2D eigenvalue weighted by atomic mass is 9.99. The maximum atomic E-state index is 14.7. The lowest BCUT2D eigenvalue weighted by Crippen LogP contribution is -2.56. The molecule has 3 aromatic heterocycles. The Morgan fingerprint density at radius 1 is 0.918 bits per heavy atom. The van der Waals surface area contributed by atoms with E-state index in [1.54, 1.807) is 13.2 Å². The van der Waals surface area contributed by atoms with E-state index in [-0.39, 0.29) is 18.9 Å². The lowest BCUT2D eigenvalue weighted by molar-refractivity contribution is -0.141. The highest BCUT2D eigenvalue weighted by Crippen LogP contribution is 2.40. The van der Waals surface area contributed by atoms with Crippen LogP contribution in [0.4, 0.5) is 5.82 Å². The molecule has 0 saturated carbocycles. The Bertz CT molecular complexity index is 2400. The van der Waals surface area contributed by atoms with Gasteiger partial charge in [-0.3, -0.25) is 14.4 Å². The number of aromatic nitrogens is 3. The molecule has 0 spiro atoms. The van der Waals surface area contributed by atoms with Gasteiger partial charge in [-0.25, -0.2) is 9.97 Å². The fourth-order valence-corrected chi connectivity index (χ4v) is 9.28. The average Bonchev–Trinajstić information content (AvgIpc) is 3.59. The minimum absolute atomic E-state index is 0.0982. The van der Waals surface area contributed by atoms with Crippen molar-refractivity contribution < 1.29 is 14.4 Å². The number of halogens is 1. The molecule has 0 bridgehead atoms. The first-order chi connectivity index (χ1) is 29.5. The zero-order chi connectivity index (χ0) is 43.0. The summed E-state index contributed by atoms with van der Waals surface area (Å²) in [7, 11) is 3.71. The van der Waals surface area contributed by atoms with Crippen molar-refractivity contribution in [3.05, 3.63) is 113 Å². The summed E-state index contributed by atoms with van der Waals surface area (Å²) >= 11 is 8.67. The predicted molar refractivity (Wildman–Crippen MR) is 242 cm³/mol. The minimum Gasteiger partial charge on any atom is -0.405 e. The predicted octanol–water partition coefficient (Wildman–Crippen LogP) is 4.34. The molecule has 1 unspecified atom stereocenters. The standard InChI is InChI=1S/C45H54ClN11O3S/c1-28-34(33-9-4-5-10-36(33)53-28)25-39-43(59)52-27-32-22-31(29-13-17-49-40(24-29)57-20-18-55(2)19-21-57)23-35(46)41(32)61-44-30(8-7-16-50-44)26-51-37(11-6-14-47)42(58)54-38(12-15-48)45(60)56(39)3/h4-5,7-10,12-13,15-17,22-24,37-39,51,53H,6,11,14,18-21,25-27,47-48H2,1-3H3,(H,52,59)(H,54,58)/b15-12+/t37-,38?,39-/m0/s1. The van der Waals surface area contributed by atoms with Crippen molar-refractivity contribution in [3.63, 3.8) is 0 Å². The van der Waals surface area contributed by atoms with Gasteiger partial charge in [0.25, 0.3) is 0 Å². The molecule has 2 aliphatic rings. The normalized spacial score (nSPS) is 20.0. The number of nitrogens with two attached hydrogens (primary N) is 2. The van der Waals surface area contributed by atoms with Crippen LogP contribution in [0.5, 0.6) is 0 Å². The van der Waals surface area contributed by atoms with Crippen molar-refractivity contribution >= 4 is 57.8 Å². The van der Waals surface area contributed by atoms with Crippen LogP contribution in [-0.4, -0.2) is 107 Å². The first-order valence-corrected chi connectivity index (χ1v) is 21.8. The fraction of sp³-hybridized carbons (Fsp3) is 0.356. The Labute approximate surface area is 365 Å². The molecule has 8 N–H and O–H groups in total. The average molecular weight is 865 g/mol. The maximum absolute atomic E-state index is 14.7. The molecule has 0 aliphatic carbocycles. The van der Waals surface area contributed by atoms with E-state index in [0.29, 0.717) is 36.0 Å². The van der Waals surface area contributed by atoms with Gasteiger partial charge in [0.15, 0.2) is 0 Å². The second-order valence-electron chi connectivity index (χ2n) is 15.6. The zero-order valence-corrected chi connectivity index (χ0v) is 36.4. The van der Waals surface area contributed by atoms with Gasteiger partial charge in [0.05, 0.1) is 11.1 Å². The second-order valence-corrected chi connectivity index (χ2v) is 17.0. The van der Waals surface area contributed by atoms with Gasteiger partial charge in [-0.1, -0.05) is 47.6 Å². The van der Waals surface area contributed by atoms with Gasteiger partial charge in [-0.15, -0.1) is 0 Å². The number of para-hydroxylation sites is 1. The number of hydrogen-bond acceptors (Lipinski definition) is 11. The van der Waals surface area contributed by atoms with Crippen molar-refractivity contribution in [2.24, 2.45) is 11.5 Å². The van der Waals surface area contributed by atoms with Crippen LogP contribution in [0, 0.1) is 6.92 Å². The minimum atomic E-state index is -1.15. The van der Waals surface area contributed by atoms with Crippen LogP contribution in [0.3, 0.4) is 0 Å². The summed E-state index contributed by atoms with van der Waals surface area (Å²) in [5.41, 5.74) is 17.9. The van der Waals surface area contributed by atoms with Crippen molar-refractivity contribution in [2.45, 2.75) is 67.3 Å². The lowest BCUT2D eigenvalue weighted by Gasteiger charge is -2.33. The van der Waals surface area contributed by atoms with E-state index in [1.165, 1.54) is 28.9 Å². The molecule has 1 fully saturated rings. The summed E-state index contributed by atoms with van der Waals surface area (Å²) in [5, 5.41) is 11.6. The van der Waals surface area contributed by atoms with Crippen LogP contribution in [0.15, 0.2) is 95.3 Å². The van der Waals surface area contributed by atoms with Crippen molar-refractivity contribution in [1.29, 1.82) is 0 Å². The third kappa shape index (κ3) is 10.2. The number of nitrogens with zero attached hydrogens (tertiary/aromatic N) is 5. The maximum Gasteiger partial charge on any atom is 0.249 e. The summed E-state index contributed by atoms with van der Waals surface area (Å²) in [5.74, 6) is -0.394. The van der Waals surface area contributed by atoms with Gasteiger partial charge in [-0.2, -0.15) is 0 Å². The monoisotopic (exact) mass is 863 g/mol. The molecule has 16 heteroatoms. The molecular weight excluding hydrogens is 810 g/mol. The van der Waals surface area contributed by atoms with E-state index >= 15 is 0 Å². The van der Waals surface area contributed by atoms with Gasteiger partial charge < -0.3 is 47.1 Å². The van der Waals surface area contributed by atoms with E-state index in [2.05, 4.69) is 43.8 Å². The highest BCUT2D eigenvalue weighted by molar-refractivity contribution is 7.99. The van der Waals surface area contributed by atoms with Crippen LogP contribution in [0.2, 0.25) is 5.02 Å². The number of carbonyl (C=O) groups is 3. The number of nitrogens with one attached hydrogen (secondary N) is 4. The van der Waals surface area contributed by atoms with Gasteiger partial charge >= 0.3 is 0 Å². The first-order valence-electron chi connectivity index (χ1n) is 20.6. The second kappa shape index (κ2) is 19.9. The number of anilines is 1. The Kier molecular flexibility index (Phi) is 14.3. The van der Waals surface area contributed by atoms with E-state index in [1.807, 2.05) is 67.7 Å². The largest absolute Gasteiger partial charge is 0.405 e. The number of H-pyrrole nitrogens is 1. The van der Waals surface area contributed by atoms with Crippen molar-refractivity contribution in [1.82, 2.24) is 40.7 Å². The van der Waals surface area contributed by atoms with E-state index in [4.69, 9.17) is 33.0 Å². The molecule has 2 aromatic carbocycles. The highest BCUT2D eigenvalue weighted by atomic mass is 35.5. The molecule has 3 amide bonds. The smallest absolute Gasteiger partial charge is 0.249 e. The van der Waals surface area contributed by atoms with Crippen LogP contribution in [0.1, 0.15) is 35.2 Å². The number of benzene rings is 2. The van der Waals surface area contributed by atoms with Crippen LogP contribution < -0.4 is 32.3 Å². The van der Waals surface area contributed by atoms with E-state index < -0.39 is 29.9 Å². The summed E-state index contributed by atoms with van der Waals surface area (Å²) in [6.45, 7) is 6.38. The van der Waals surface area contributed by atoms with Gasteiger partial charge in [0.2, 0.25) is 17.7 Å². The molecule has 14 nitrogen and oxygen atoms in total. The number of aromatic amines is 1. The quantitative estimate of drug-likeness (QED) is 0.130. The Morgan fingerprint density at radius 3 is 2.51 bits per heavy atom. The highest BCUT2D eigenvalue weighted by Gasteiger charge is 2.34. The van der Waals surface area contributed by atoms with Crippen LogP contribution in [0.25, 0.3) is 22.0 Å². The molecule has 5 aromatic rings. The number of pyridine rings is 2. The molecular formula is C45H54ClN11O3S. The molecule has 2 aliphatic heterocycles. The third-order valence-corrected chi connectivity index (χ3v) is 13.1. The van der Waals surface area contributed by atoms with Crippen molar-refractivity contribution in [3.8, 4) is 11.1 Å². The number of hydrogen-bond donors (Lipinski definition) is 6. The number of amides is 3. The SMILES string of the molecule is Cc1[nH]c2ccccc2c1C[C@H]1C(=O)NCc2cc(-c3ccnc(N4CCN(C)CC4)c3)cc(Cl)c2Sc2ncccc2CN[C@@H](CCCN)C(=O)NC(/C=C/N)C(=O)N1C.